The van der Waals surface area contributed by atoms with Crippen molar-refractivity contribution in [3.8, 4) is 11.3 Å². The summed E-state index contributed by atoms with van der Waals surface area (Å²) in [6, 6.07) is 15.5. The molecule has 202 valence electrons. The summed E-state index contributed by atoms with van der Waals surface area (Å²) in [7, 11) is 0. The number of carbonyl (C=O) groups excluding carboxylic acids is 1. The Kier molecular flexibility index (Phi) is 6.46. The maximum atomic E-state index is 14.2. The van der Waals surface area contributed by atoms with Gasteiger partial charge < -0.3 is 20.4 Å². The van der Waals surface area contributed by atoms with Gasteiger partial charge in [0.2, 0.25) is 0 Å². The molecule has 4 aliphatic carbocycles. The van der Waals surface area contributed by atoms with Gasteiger partial charge in [0.15, 0.2) is 6.10 Å². The lowest BCUT2D eigenvalue weighted by Crippen LogP contribution is -2.64. The number of hydrogen-bond donors (Lipinski definition) is 3. The van der Waals surface area contributed by atoms with Crippen molar-refractivity contribution in [1.29, 1.82) is 0 Å². The zero-order chi connectivity index (χ0) is 27.4. The quantitative estimate of drug-likeness (QED) is 0.331. The Morgan fingerprint density at radius 2 is 1.85 bits per heavy atom. The third-order valence-corrected chi connectivity index (χ3v) is 9.36. The van der Waals surface area contributed by atoms with E-state index in [9.17, 15) is 19.8 Å². The molecule has 1 heterocycles. The molecule has 1 amide bonds. The van der Waals surface area contributed by atoms with E-state index in [0.717, 1.165) is 26.7 Å². The number of hydrogen-bond acceptors (Lipinski definition) is 6. The minimum atomic E-state index is -0.905. The molecule has 4 aliphatic rings. The molecule has 0 radical (unpaired) electrons. The molecule has 0 spiro atoms. The highest BCUT2D eigenvalue weighted by Gasteiger charge is 2.57. The third kappa shape index (κ3) is 4.41. The number of benzene rings is 2. The summed E-state index contributed by atoms with van der Waals surface area (Å²) in [4.78, 5) is 37.1. The molecule has 1 aromatic heterocycles. The highest BCUT2D eigenvalue weighted by Crippen LogP contribution is 2.51. The summed E-state index contributed by atoms with van der Waals surface area (Å²) in [6.45, 7) is 1.91. The van der Waals surface area contributed by atoms with Crippen molar-refractivity contribution in [2.24, 2.45) is 10.6 Å². The van der Waals surface area contributed by atoms with E-state index >= 15 is 0 Å². The van der Waals surface area contributed by atoms with E-state index in [1.807, 2.05) is 55.5 Å². The number of aliphatic hydroxyl groups excluding tert-OH is 1. The van der Waals surface area contributed by atoms with Crippen LogP contribution in [0.25, 0.3) is 22.2 Å². The highest BCUT2D eigenvalue weighted by molar-refractivity contribution is 9.10. The van der Waals surface area contributed by atoms with Crippen molar-refractivity contribution >= 4 is 44.4 Å². The van der Waals surface area contributed by atoms with Crippen LogP contribution in [0.1, 0.15) is 60.9 Å². The molecule has 39 heavy (non-hydrogen) atoms. The van der Waals surface area contributed by atoms with Crippen LogP contribution in [0.3, 0.4) is 0 Å². The smallest absolute Gasteiger partial charge is 0.310 e. The van der Waals surface area contributed by atoms with Crippen LogP contribution in [0.2, 0.25) is 0 Å². The fraction of sp³-hybridized carbons (Fsp3) is 0.400. The Balaban J connectivity index is 1.41. The fourth-order valence-corrected chi connectivity index (χ4v) is 6.56. The summed E-state index contributed by atoms with van der Waals surface area (Å²) in [6.07, 6.45) is 2.40. The van der Waals surface area contributed by atoms with Crippen LogP contribution in [0, 0.1) is 12.3 Å². The number of aromatic nitrogens is 1. The van der Waals surface area contributed by atoms with Crippen molar-refractivity contribution in [2.45, 2.75) is 69.6 Å². The van der Waals surface area contributed by atoms with E-state index in [-0.39, 0.29) is 12.3 Å². The first-order valence-electron chi connectivity index (χ1n) is 13.3. The largest absolute Gasteiger partial charge is 0.481 e. The van der Waals surface area contributed by atoms with Crippen LogP contribution >= 0.6 is 15.9 Å². The van der Waals surface area contributed by atoms with E-state index in [1.54, 1.807) is 0 Å². The highest BCUT2D eigenvalue weighted by atomic mass is 79.9. The SMILES string of the molecule is Cc1c(-c2ccccc2)nc2ccc(Br)cc2c1C(=O)NC12CCC(C(=O)O)(CC1)C/C2=N\OC1CCC1O. The Morgan fingerprint density at radius 1 is 1.10 bits per heavy atom. The number of amides is 1. The van der Waals surface area contributed by atoms with Crippen LogP contribution in [-0.4, -0.2) is 50.5 Å². The van der Waals surface area contributed by atoms with Crippen molar-refractivity contribution in [1.82, 2.24) is 10.3 Å². The molecular formula is C30H30BrN3O5. The second-order valence-electron chi connectivity index (χ2n) is 11.1. The van der Waals surface area contributed by atoms with Gasteiger partial charge in [-0.3, -0.25) is 9.59 Å². The zero-order valence-electron chi connectivity index (χ0n) is 21.6. The van der Waals surface area contributed by atoms with E-state index in [4.69, 9.17) is 9.82 Å². The molecule has 4 saturated carbocycles. The molecule has 2 aromatic carbocycles. The predicted molar refractivity (Wildman–Crippen MR) is 151 cm³/mol. The summed E-state index contributed by atoms with van der Waals surface area (Å²) < 4.78 is 0.840. The lowest BCUT2D eigenvalue weighted by Gasteiger charge is -2.51. The van der Waals surface area contributed by atoms with Gasteiger partial charge in [-0.2, -0.15) is 0 Å². The lowest BCUT2D eigenvalue weighted by molar-refractivity contribution is -0.152. The number of carboxylic acids is 1. The summed E-state index contributed by atoms with van der Waals surface area (Å²) in [5.74, 6) is -1.09. The molecule has 8 nitrogen and oxygen atoms in total. The summed E-state index contributed by atoms with van der Waals surface area (Å²) in [5, 5.41) is 28.4. The molecule has 0 saturated heterocycles. The molecule has 7 rings (SSSR count). The second-order valence-corrected chi connectivity index (χ2v) is 12.0. The number of fused-ring (bicyclic) bond motifs is 4. The van der Waals surface area contributed by atoms with Crippen LogP contribution in [0.15, 0.2) is 58.2 Å². The minimum Gasteiger partial charge on any atom is -0.481 e. The average molecular weight is 592 g/mol. The second kappa shape index (κ2) is 9.71. The Hall–Kier alpha value is -3.30. The normalized spacial score (nSPS) is 28.7. The Labute approximate surface area is 234 Å². The van der Waals surface area contributed by atoms with E-state index in [1.165, 1.54) is 0 Å². The van der Waals surface area contributed by atoms with E-state index in [0.29, 0.717) is 55.3 Å². The third-order valence-electron chi connectivity index (χ3n) is 8.86. The number of oxime groups is 1. The molecule has 2 atom stereocenters. The molecule has 3 aromatic rings. The van der Waals surface area contributed by atoms with Gasteiger partial charge in [0, 0.05) is 21.8 Å². The number of aliphatic carboxylic acids is 1. The van der Waals surface area contributed by atoms with Crippen molar-refractivity contribution < 1.29 is 24.6 Å². The maximum Gasteiger partial charge on any atom is 0.310 e. The summed E-state index contributed by atoms with van der Waals surface area (Å²) >= 11 is 3.54. The van der Waals surface area contributed by atoms with Crippen molar-refractivity contribution in [3.05, 3.63) is 64.1 Å². The molecule has 3 N–H and O–H groups in total. The van der Waals surface area contributed by atoms with Gasteiger partial charge in [0.05, 0.1) is 39.5 Å². The van der Waals surface area contributed by atoms with Gasteiger partial charge in [-0.25, -0.2) is 4.98 Å². The van der Waals surface area contributed by atoms with Gasteiger partial charge in [-0.1, -0.05) is 51.4 Å². The topological polar surface area (TPSA) is 121 Å². The molecule has 0 aliphatic heterocycles. The molecule has 2 bridgehead atoms. The average Bonchev–Trinajstić information content (AvgIpc) is 2.93. The first-order valence-corrected chi connectivity index (χ1v) is 14.1. The minimum absolute atomic E-state index is 0.211. The summed E-state index contributed by atoms with van der Waals surface area (Å²) in [5.41, 5.74) is 2.48. The molecule has 4 fully saturated rings. The molecule has 9 heteroatoms. The first-order chi connectivity index (χ1) is 18.7. The van der Waals surface area contributed by atoms with Crippen molar-refractivity contribution in [3.63, 3.8) is 0 Å². The first kappa shape index (κ1) is 26.0. The van der Waals surface area contributed by atoms with Crippen LogP contribution in [0.5, 0.6) is 0 Å². The molecule has 2 unspecified atom stereocenters. The van der Waals surface area contributed by atoms with E-state index < -0.39 is 29.1 Å². The number of nitrogens with zero attached hydrogens (tertiary/aromatic N) is 2. The monoisotopic (exact) mass is 591 g/mol. The fourth-order valence-electron chi connectivity index (χ4n) is 6.20. The number of carbonyl (C=O) groups is 2. The van der Waals surface area contributed by atoms with Crippen molar-refractivity contribution in [2.75, 3.05) is 0 Å². The lowest BCUT2D eigenvalue weighted by atomic mass is 9.56. The van der Waals surface area contributed by atoms with Gasteiger partial charge in [-0.05, 0) is 69.2 Å². The van der Waals surface area contributed by atoms with Gasteiger partial charge in [0.25, 0.3) is 5.91 Å². The molecular weight excluding hydrogens is 562 g/mol. The van der Waals surface area contributed by atoms with E-state index in [2.05, 4.69) is 26.4 Å². The van der Waals surface area contributed by atoms with Crippen LogP contribution < -0.4 is 5.32 Å². The van der Waals surface area contributed by atoms with Crippen LogP contribution in [0.4, 0.5) is 0 Å². The van der Waals surface area contributed by atoms with Gasteiger partial charge >= 0.3 is 5.97 Å². The number of aliphatic hydroxyl groups is 1. The number of pyridine rings is 1. The number of rotatable bonds is 6. The van der Waals surface area contributed by atoms with Crippen LogP contribution in [-0.2, 0) is 9.63 Å². The van der Waals surface area contributed by atoms with Gasteiger partial charge in [-0.15, -0.1) is 0 Å². The van der Waals surface area contributed by atoms with Gasteiger partial charge in [0.1, 0.15) is 0 Å². The Morgan fingerprint density at radius 3 is 2.49 bits per heavy atom. The number of carboxylic acid groups (broad SMARTS) is 1. The zero-order valence-corrected chi connectivity index (χ0v) is 23.2. The predicted octanol–water partition coefficient (Wildman–Crippen LogP) is 5.39. The standard InChI is InChI=1S/C30H30BrN3O5/c1-17-25(20-15-19(31)7-8-21(20)32-26(17)18-5-3-2-4-6-18)27(36)33-30-13-11-29(12-14-30,28(37)38)16-24(30)34-39-23-10-9-22(23)35/h2-8,15,22-23,35H,9-14,16H2,1H3,(H,33,36)(H,37,38)/b34-24+. The Bertz CT molecular complexity index is 1500. The number of nitrogens with one attached hydrogen (secondary N) is 1. The maximum absolute atomic E-state index is 14.2. The number of halogens is 1.